The quantitative estimate of drug-likeness (QED) is 0.478. The van der Waals surface area contributed by atoms with Gasteiger partial charge in [0.1, 0.15) is 5.82 Å². The van der Waals surface area contributed by atoms with Crippen molar-refractivity contribution >= 4 is 21.7 Å². The Morgan fingerprint density at radius 1 is 1.41 bits per heavy atom. The van der Waals surface area contributed by atoms with Crippen molar-refractivity contribution in [3.8, 4) is 6.07 Å². The van der Waals surface area contributed by atoms with Crippen molar-refractivity contribution in [2.45, 2.75) is 6.18 Å². The molecule has 0 bridgehead atoms. The van der Waals surface area contributed by atoms with Gasteiger partial charge >= 0.3 is 6.18 Å². The fourth-order valence-electron chi connectivity index (χ4n) is 1.29. The fourth-order valence-corrected chi connectivity index (χ4v) is 1.59. The number of rotatable bonds is 2. The van der Waals surface area contributed by atoms with Gasteiger partial charge in [-0.2, -0.15) is 18.4 Å². The van der Waals surface area contributed by atoms with Crippen LogP contribution < -0.4 is 0 Å². The molecule has 0 atom stereocenters. The smallest absolute Gasteiger partial charge is 0.293 e. The van der Waals surface area contributed by atoms with E-state index in [1.54, 1.807) is 0 Å². The molecule has 0 saturated carbocycles. The number of alkyl halides is 4. The standard InChI is InChI=1S/C10H4BrF4NO/c11-3-8(17)7-2-6(12)1-5(4-16)9(7)10(13,14)15/h1-2H,3H2. The predicted molar refractivity (Wildman–Crippen MR) is 54.2 cm³/mol. The van der Waals surface area contributed by atoms with Gasteiger partial charge in [0.2, 0.25) is 0 Å². The van der Waals surface area contributed by atoms with Gasteiger partial charge in [-0.15, -0.1) is 0 Å². The van der Waals surface area contributed by atoms with Gasteiger partial charge in [-0.05, 0) is 12.1 Å². The van der Waals surface area contributed by atoms with Gasteiger partial charge in [0.15, 0.2) is 5.78 Å². The fraction of sp³-hybridized carbons (Fsp3) is 0.200. The number of carbonyl (C=O) groups is 1. The normalized spacial score (nSPS) is 11.1. The zero-order valence-corrected chi connectivity index (χ0v) is 9.69. The molecule has 0 heterocycles. The Balaban J connectivity index is 3.63. The maximum absolute atomic E-state index is 13.0. The number of ketones is 1. The number of carbonyl (C=O) groups excluding carboxylic acids is 1. The molecule has 0 fully saturated rings. The topological polar surface area (TPSA) is 40.9 Å². The molecule has 7 heteroatoms. The summed E-state index contributed by atoms with van der Waals surface area (Å²) in [6.07, 6.45) is -4.88. The molecule has 0 aliphatic carbocycles. The first-order chi connectivity index (χ1) is 7.81. The van der Waals surface area contributed by atoms with Gasteiger partial charge in [0.25, 0.3) is 0 Å². The molecule has 0 aromatic heterocycles. The summed E-state index contributed by atoms with van der Waals surface area (Å²) in [4.78, 5) is 11.3. The van der Waals surface area contributed by atoms with E-state index in [0.29, 0.717) is 12.1 Å². The van der Waals surface area contributed by atoms with Gasteiger partial charge in [-0.25, -0.2) is 4.39 Å². The van der Waals surface area contributed by atoms with Crippen molar-refractivity contribution in [3.63, 3.8) is 0 Å². The zero-order valence-electron chi connectivity index (χ0n) is 8.11. The third-order valence-electron chi connectivity index (χ3n) is 1.93. The Kier molecular flexibility index (Phi) is 3.88. The maximum atomic E-state index is 13.0. The predicted octanol–water partition coefficient (Wildman–Crippen LogP) is 3.29. The molecule has 1 rings (SSSR count). The molecular weight excluding hydrogens is 306 g/mol. The molecule has 0 aliphatic rings. The number of hydrogen-bond donors (Lipinski definition) is 0. The van der Waals surface area contributed by atoms with Crippen LogP contribution in [-0.2, 0) is 6.18 Å². The van der Waals surface area contributed by atoms with Crippen molar-refractivity contribution in [3.05, 3.63) is 34.6 Å². The first kappa shape index (κ1) is 13.6. The second-order valence-corrected chi connectivity index (χ2v) is 3.60. The van der Waals surface area contributed by atoms with Crippen LogP contribution >= 0.6 is 15.9 Å². The average molecular weight is 310 g/mol. The second kappa shape index (κ2) is 4.84. The minimum Gasteiger partial charge on any atom is -0.293 e. The highest BCUT2D eigenvalue weighted by molar-refractivity contribution is 9.09. The molecule has 2 nitrogen and oxygen atoms in total. The molecule has 1 aromatic rings. The van der Waals surface area contributed by atoms with E-state index in [1.807, 2.05) is 0 Å². The highest BCUT2D eigenvalue weighted by Crippen LogP contribution is 2.35. The second-order valence-electron chi connectivity index (χ2n) is 3.04. The van der Waals surface area contributed by atoms with Crippen molar-refractivity contribution in [1.82, 2.24) is 0 Å². The summed E-state index contributed by atoms with van der Waals surface area (Å²) in [5.41, 5.74) is -3.14. The van der Waals surface area contributed by atoms with E-state index in [-0.39, 0.29) is 5.33 Å². The Morgan fingerprint density at radius 3 is 2.41 bits per heavy atom. The van der Waals surface area contributed by atoms with E-state index in [1.165, 1.54) is 6.07 Å². The first-order valence-electron chi connectivity index (χ1n) is 4.21. The van der Waals surface area contributed by atoms with Gasteiger partial charge in [0, 0.05) is 5.56 Å². The van der Waals surface area contributed by atoms with Gasteiger partial charge in [0.05, 0.1) is 22.5 Å². The lowest BCUT2D eigenvalue weighted by Crippen LogP contribution is -2.16. The zero-order chi connectivity index (χ0) is 13.2. The van der Waals surface area contributed by atoms with Crippen molar-refractivity contribution in [2.24, 2.45) is 0 Å². The SMILES string of the molecule is N#Cc1cc(F)cc(C(=O)CBr)c1C(F)(F)F. The van der Waals surface area contributed by atoms with Crippen LogP contribution in [0.5, 0.6) is 0 Å². The summed E-state index contributed by atoms with van der Waals surface area (Å²) >= 11 is 2.70. The number of Topliss-reactive ketones (excluding diaryl/α,β-unsaturated/α-hetero) is 1. The molecule has 1 aromatic carbocycles. The van der Waals surface area contributed by atoms with Crippen LogP contribution in [0.2, 0.25) is 0 Å². The van der Waals surface area contributed by atoms with Gasteiger partial charge in [-0.1, -0.05) is 15.9 Å². The number of halogens is 5. The molecule has 0 N–H and O–H groups in total. The van der Waals surface area contributed by atoms with E-state index in [2.05, 4.69) is 15.9 Å². The molecule has 0 aliphatic heterocycles. The summed E-state index contributed by atoms with van der Waals surface area (Å²) in [6.45, 7) is 0. The van der Waals surface area contributed by atoms with E-state index in [4.69, 9.17) is 5.26 Å². The lowest BCUT2D eigenvalue weighted by atomic mass is 9.98. The Morgan fingerprint density at radius 2 is 2.00 bits per heavy atom. The Hall–Kier alpha value is -1.42. The van der Waals surface area contributed by atoms with Crippen LogP contribution in [0.25, 0.3) is 0 Å². The third kappa shape index (κ3) is 2.82. The number of nitrogens with zero attached hydrogens (tertiary/aromatic N) is 1. The van der Waals surface area contributed by atoms with Crippen LogP contribution in [0.4, 0.5) is 17.6 Å². The summed E-state index contributed by atoms with van der Waals surface area (Å²) in [6, 6.07) is 2.17. The number of nitriles is 1. The molecule has 0 unspecified atom stereocenters. The van der Waals surface area contributed by atoms with E-state index in [0.717, 1.165) is 0 Å². The lowest BCUT2D eigenvalue weighted by Gasteiger charge is -2.13. The van der Waals surface area contributed by atoms with Crippen molar-refractivity contribution in [1.29, 1.82) is 5.26 Å². The summed E-state index contributed by atoms with van der Waals surface area (Å²) in [5.74, 6) is -1.99. The molecule has 0 radical (unpaired) electrons. The molecule has 0 amide bonds. The van der Waals surface area contributed by atoms with Gasteiger partial charge in [-0.3, -0.25) is 4.79 Å². The minimum absolute atomic E-state index is 0.385. The van der Waals surface area contributed by atoms with E-state index < -0.39 is 34.5 Å². The highest BCUT2D eigenvalue weighted by Gasteiger charge is 2.38. The Labute approximate surface area is 102 Å². The van der Waals surface area contributed by atoms with Crippen LogP contribution in [0, 0.1) is 17.1 Å². The van der Waals surface area contributed by atoms with Crippen LogP contribution in [0.1, 0.15) is 21.5 Å². The average Bonchev–Trinajstić information content (AvgIpc) is 2.24. The van der Waals surface area contributed by atoms with Crippen LogP contribution in [0.3, 0.4) is 0 Å². The van der Waals surface area contributed by atoms with Crippen LogP contribution in [0.15, 0.2) is 12.1 Å². The summed E-state index contributed by atoms with van der Waals surface area (Å²) < 4.78 is 51.0. The molecule has 0 saturated heterocycles. The third-order valence-corrected chi connectivity index (χ3v) is 2.44. The molecular formula is C10H4BrF4NO. The lowest BCUT2D eigenvalue weighted by molar-refractivity contribution is -0.138. The monoisotopic (exact) mass is 309 g/mol. The van der Waals surface area contributed by atoms with Crippen LogP contribution in [-0.4, -0.2) is 11.1 Å². The van der Waals surface area contributed by atoms with E-state index >= 15 is 0 Å². The van der Waals surface area contributed by atoms with Gasteiger partial charge < -0.3 is 0 Å². The largest absolute Gasteiger partial charge is 0.418 e. The highest BCUT2D eigenvalue weighted by atomic mass is 79.9. The first-order valence-corrected chi connectivity index (χ1v) is 5.33. The van der Waals surface area contributed by atoms with E-state index in [9.17, 15) is 22.4 Å². The molecule has 90 valence electrons. The molecule has 17 heavy (non-hydrogen) atoms. The number of hydrogen-bond acceptors (Lipinski definition) is 2. The van der Waals surface area contributed by atoms with Crippen molar-refractivity contribution < 1.29 is 22.4 Å². The summed E-state index contributed by atoms with van der Waals surface area (Å²) in [5, 5.41) is 8.16. The molecule has 0 spiro atoms. The summed E-state index contributed by atoms with van der Waals surface area (Å²) in [7, 11) is 0. The van der Waals surface area contributed by atoms with Crippen molar-refractivity contribution in [2.75, 3.05) is 5.33 Å². The minimum atomic E-state index is -4.88. The number of benzene rings is 1. The Bertz CT molecular complexity index is 504. The maximum Gasteiger partial charge on any atom is 0.418 e.